The van der Waals surface area contributed by atoms with Crippen molar-refractivity contribution in [1.29, 1.82) is 0 Å². The van der Waals surface area contributed by atoms with E-state index in [4.69, 9.17) is 5.14 Å². The number of nitrogens with one attached hydrogen (secondary N) is 3. The van der Waals surface area contributed by atoms with Crippen LogP contribution >= 0.6 is 12.1 Å². The van der Waals surface area contributed by atoms with Gasteiger partial charge in [0.1, 0.15) is 5.82 Å². The lowest BCUT2D eigenvalue weighted by atomic mass is 9.99. The summed E-state index contributed by atoms with van der Waals surface area (Å²) < 4.78 is 61.9. The molecule has 0 bridgehead atoms. The van der Waals surface area contributed by atoms with Gasteiger partial charge in [0.15, 0.2) is 23.3 Å². The lowest BCUT2D eigenvalue weighted by molar-refractivity contribution is 0.0951. The second-order valence-corrected chi connectivity index (χ2v) is 8.41. The zero-order valence-electron chi connectivity index (χ0n) is 18.0. The van der Waals surface area contributed by atoms with Crippen molar-refractivity contribution in [3.63, 3.8) is 0 Å². The minimum atomic E-state index is -1.37. The molecule has 1 saturated carbocycles. The summed E-state index contributed by atoms with van der Waals surface area (Å²) in [5, 5.41) is 10.5. The van der Waals surface area contributed by atoms with Crippen LogP contribution in [0.4, 0.5) is 34.8 Å². The van der Waals surface area contributed by atoms with Crippen LogP contribution in [0.5, 0.6) is 0 Å². The van der Waals surface area contributed by atoms with Crippen LogP contribution in [0.2, 0.25) is 0 Å². The predicted molar refractivity (Wildman–Crippen MR) is 124 cm³/mol. The van der Waals surface area contributed by atoms with Gasteiger partial charge in [-0.2, -0.15) is 0 Å². The van der Waals surface area contributed by atoms with Crippen LogP contribution in [-0.2, 0) is 6.42 Å². The summed E-state index contributed by atoms with van der Waals surface area (Å²) in [7, 11) is 0. The van der Waals surface area contributed by atoms with Gasteiger partial charge in [-0.1, -0.05) is 6.07 Å². The topological polar surface area (TPSA) is 92.1 Å². The summed E-state index contributed by atoms with van der Waals surface area (Å²) in [6.45, 7) is 1.68. The Kier molecular flexibility index (Phi) is 6.94. The number of aryl methyl sites for hydroxylation is 1. The molecule has 6 nitrogen and oxygen atoms in total. The maximum Gasteiger partial charge on any atom is 0.253 e. The second-order valence-electron chi connectivity index (χ2n) is 7.97. The molecule has 3 aromatic rings. The van der Waals surface area contributed by atoms with E-state index in [-0.39, 0.29) is 40.7 Å². The number of nitrogens with two attached hydrogens (primary N) is 1. The number of rotatable bonds is 8. The summed E-state index contributed by atoms with van der Waals surface area (Å²) in [6, 6.07) is 6.59. The molecule has 1 aliphatic rings. The molecule has 1 aliphatic carbocycles. The fourth-order valence-corrected chi connectivity index (χ4v) is 3.66. The highest BCUT2D eigenvalue weighted by Crippen LogP contribution is 2.32. The SMILES string of the molecule is Cc1ccc(Nc2c(C(=O)NC3CC3)cc(Cc3ccnc(NSN)c3F)c(F)c2F)c(F)c1. The van der Waals surface area contributed by atoms with E-state index in [0.717, 1.165) is 18.9 Å². The third kappa shape index (κ3) is 5.10. The van der Waals surface area contributed by atoms with Crippen LogP contribution in [0.15, 0.2) is 36.5 Å². The molecule has 1 aromatic heterocycles. The lowest BCUT2D eigenvalue weighted by Crippen LogP contribution is -2.27. The monoisotopic (exact) mass is 491 g/mol. The number of carbonyl (C=O) groups excluding carboxylic acids is 1. The number of anilines is 3. The minimum absolute atomic E-state index is 0.0173. The number of hydrogen-bond donors (Lipinski definition) is 4. The molecule has 0 unspecified atom stereocenters. The van der Waals surface area contributed by atoms with E-state index in [0.29, 0.717) is 17.7 Å². The zero-order chi connectivity index (χ0) is 24.4. The lowest BCUT2D eigenvalue weighted by Gasteiger charge is -2.17. The predicted octanol–water partition coefficient (Wildman–Crippen LogP) is 5.11. The van der Waals surface area contributed by atoms with Gasteiger partial charge in [-0.3, -0.25) is 14.7 Å². The number of amides is 1. The van der Waals surface area contributed by atoms with Crippen LogP contribution in [0, 0.1) is 30.2 Å². The third-order valence-corrected chi connectivity index (χ3v) is 5.64. The largest absolute Gasteiger partial charge is 0.350 e. The highest BCUT2D eigenvalue weighted by Gasteiger charge is 2.28. The maximum absolute atomic E-state index is 15.3. The van der Waals surface area contributed by atoms with Crippen LogP contribution in [-0.4, -0.2) is 16.9 Å². The molecule has 34 heavy (non-hydrogen) atoms. The maximum atomic E-state index is 15.3. The van der Waals surface area contributed by atoms with Crippen LogP contribution in [0.25, 0.3) is 0 Å². The number of benzene rings is 2. The van der Waals surface area contributed by atoms with Gasteiger partial charge >= 0.3 is 0 Å². The molecule has 1 heterocycles. The highest BCUT2D eigenvalue weighted by molar-refractivity contribution is 7.98. The van der Waals surface area contributed by atoms with Crippen molar-refractivity contribution >= 4 is 35.2 Å². The van der Waals surface area contributed by atoms with Gasteiger partial charge in [0, 0.05) is 30.8 Å². The Hall–Kier alpha value is -3.31. The Labute approximate surface area is 197 Å². The first-order chi connectivity index (χ1) is 16.3. The first kappa shape index (κ1) is 23.8. The van der Waals surface area contributed by atoms with Crippen LogP contribution in [0.1, 0.15) is 39.9 Å². The van der Waals surface area contributed by atoms with E-state index in [9.17, 15) is 13.6 Å². The smallest absolute Gasteiger partial charge is 0.253 e. The fourth-order valence-electron chi connectivity index (χ4n) is 3.41. The van der Waals surface area contributed by atoms with Crippen molar-refractivity contribution in [2.24, 2.45) is 5.14 Å². The van der Waals surface area contributed by atoms with Crippen molar-refractivity contribution in [3.8, 4) is 0 Å². The number of aromatic nitrogens is 1. The van der Waals surface area contributed by atoms with E-state index < -0.39 is 34.9 Å². The molecule has 0 radical (unpaired) electrons. The average Bonchev–Trinajstić information content (AvgIpc) is 3.61. The van der Waals surface area contributed by atoms with Crippen molar-refractivity contribution in [1.82, 2.24) is 10.3 Å². The molecule has 0 spiro atoms. The van der Waals surface area contributed by atoms with Crippen molar-refractivity contribution in [2.45, 2.75) is 32.2 Å². The normalized spacial score (nSPS) is 13.0. The van der Waals surface area contributed by atoms with Gasteiger partial charge in [-0.05, 0) is 60.7 Å². The third-order valence-electron chi connectivity index (χ3n) is 5.33. The molecule has 178 valence electrons. The molecule has 4 rings (SSSR count). The zero-order valence-corrected chi connectivity index (χ0v) is 18.8. The Bertz CT molecular complexity index is 1250. The number of carbonyl (C=O) groups is 1. The van der Waals surface area contributed by atoms with Crippen molar-refractivity contribution < 1.29 is 22.4 Å². The van der Waals surface area contributed by atoms with Gasteiger partial charge < -0.3 is 10.6 Å². The van der Waals surface area contributed by atoms with E-state index in [1.165, 1.54) is 24.4 Å². The second kappa shape index (κ2) is 9.90. The number of pyridine rings is 1. The van der Waals surface area contributed by atoms with E-state index >= 15 is 8.78 Å². The first-order valence-electron chi connectivity index (χ1n) is 10.4. The van der Waals surface area contributed by atoms with Crippen LogP contribution in [0.3, 0.4) is 0 Å². The average molecular weight is 492 g/mol. The molecular weight excluding hydrogens is 470 g/mol. The number of hydrogen-bond acceptors (Lipinski definition) is 6. The molecule has 1 amide bonds. The standard InChI is InChI=1S/C23H21F4N5OS/c1-11-2-5-17(16(24)8-11)31-21-15(23(33)30-14-3-4-14)10-13(18(25)20(21)27)9-12-6-7-29-22(19(12)26)32-34-28/h2,5-8,10,14,31H,3-4,9,28H2,1H3,(H,29,32)(H,30,33). The van der Waals surface area contributed by atoms with Crippen molar-refractivity contribution in [2.75, 3.05) is 10.0 Å². The molecule has 2 aromatic carbocycles. The Morgan fingerprint density at radius 3 is 2.53 bits per heavy atom. The molecular formula is C23H21F4N5OS. The first-order valence-corrected chi connectivity index (χ1v) is 11.3. The van der Waals surface area contributed by atoms with E-state index in [1.807, 2.05) is 0 Å². The Balaban J connectivity index is 1.76. The van der Waals surface area contributed by atoms with Gasteiger partial charge in [0.05, 0.1) is 16.9 Å². The summed E-state index contributed by atoms with van der Waals surface area (Å²) >= 11 is 0.634. The number of halogens is 4. The van der Waals surface area contributed by atoms with E-state index in [1.54, 1.807) is 13.0 Å². The fraction of sp³-hybridized carbons (Fsp3) is 0.217. The molecule has 0 atom stereocenters. The van der Waals surface area contributed by atoms with Gasteiger partial charge in [0.2, 0.25) is 0 Å². The molecule has 11 heteroatoms. The minimum Gasteiger partial charge on any atom is -0.350 e. The molecule has 1 fully saturated rings. The highest BCUT2D eigenvalue weighted by atomic mass is 32.2. The summed E-state index contributed by atoms with van der Waals surface area (Å²) in [4.78, 5) is 16.7. The van der Waals surface area contributed by atoms with Crippen LogP contribution < -0.4 is 20.5 Å². The van der Waals surface area contributed by atoms with Gasteiger partial charge in [-0.25, -0.2) is 22.5 Å². The van der Waals surface area contributed by atoms with Gasteiger partial charge in [0.25, 0.3) is 5.91 Å². The summed E-state index contributed by atoms with van der Waals surface area (Å²) in [5.74, 6) is -4.93. The number of nitrogens with zero attached hydrogens (tertiary/aromatic N) is 1. The quantitative estimate of drug-likeness (QED) is 0.259. The Morgan fingerprint density at radius 2 is 1.85 bits per heavy atom. The van der Waals surface area contributed by atoms with E-state index in [2.05, 4.69) is 20.3 Å². The summed E-state index contributed by atoms with van der Waals surface area (Å²) in [5.41, 5.74) is -0.427. The molecule has 0 saturated heterocycles. The van der Waals surface area contributed by atoms with Crippen molar-refractivity contribution in [3.05, 3.63) is 82.1 Å². The molecule has 0 aliphatic heterocycles. The van der Waals surface area contributed by atoms with Gasteiger partial charge in [-0.15, -0.1) is 0 Å². The summed E-state index contributed by atoms with van der Waals surface area (Å²) in [6.07, 6.45) is 2.48. The molecule has 5 N–H and O–H groups in total. The Morgan fingerprint density at radius 1 is 1.09 bits per heavy atom.